The van der Waals surface area contributed by atoms with Gasteiger partial charge in [-0.3, -0.25) is 9.69 Å². The highest BCUT2D eigenvalue weighted by molar-refractivity contribution is 5.82. The number of methoxy groups -OCH3 is 1. The minimum atomic E-state index is 0.236. The lowest BCUT2D eigenvalue weighted by molar-refractivity contribution is -0.127. The van der Waals surface area contributed by atoms with E-state index in [1.165, 1.54) is 0 Å². The van der Waals surface area contributed by atoms with E-state index in [2.05, 4.69) is 32.6 Å². The largest absolute Gasteiger partial charge is 0.383 e. The molecule has 0 bridgehead atoms. The molecule has 19 heavy (non-hydrogen) atoms. The standard InChI is InChI=1S/C16H31NO2/c1-12(2)14-6-7-16(18)15(10-14)11-17(13(3)4)8-9-19-5/h12-15H,6-11H2,1-5H3. The Labute approximate surface area is 118 Å². The number of nitrogens with zero attached hydrogens (tertiary/aromatic N) is 1. The summed E-state index contributed by atoms with van der Waals surface area (Å²) in [4.78, 5) is 14.5. The summed E-state index contributed by atoms with van der Waals surface area (Å²) in [5, 5.41) is 0. The summed E-state index contributed by atoms with van der Waals surface area (Å²) < 4.78 is 5.17. The molecule has 0 aromatic rings. The molecule has 3 heteroatoms. The molecule has 2 atom stereocenters. The van der Waals surface area contributed by atoms with E-state index < -0.39 is 0 Å². The van der Waals surface area contributed by atoms with Gasteiger partial charge < -0.3 is 4.74 Å². The van der Waals surface area contributed by atoms with Crippen LogP contribution in [0, 0.1) is 17.8 Å². The number of hydrogen-bond donors (Lipinski definition) is 0. The number of Topliss-reactive ketones (excluding diaryl/α,β-unsaturated/α-hetero) is 1. The van der Waals surface area contributed by atoms with Crippen molar-refractivity contribution in [2.24, 2.45) is 17.8 Å². The van der Waals surface area contributed by atoms with Gasteiger partial charge >= 0.3 is 0 Å². The normalized spacial score (nSPS) is 24.7. The van der Waals surface area contributed by atoms with Crippen LogP contribution in [0.25, 0.3) is 0 Å². The summed E-state index contributed by atoms with van der Waals surface area (Å²) in [6.45, 7) is 11.5. The molecule has 2 unspecified atom stereocenters. The van der Waals surface area contributed by atoms with Crippen molar-refractivity contribution in [1.29, 1.82) is 0 Å². The molecule has 0 heterocycles. The molecular weight excluding hydrogens is 238 g/mol. The topological polar surface area (TPSA) is 29.5 Å². The smallest absolute Gasteiger partial charge is 0.137 e. The van der Waals surface area contributed by atoms with Crippen LogP contribution in [0.15, 0.2) is 0 Å². The summed E-state index contributed by atoms with van der Waals surface area (Å²) in [6.07, 6.45) is 2.95. The first-order valence-electron chi connectivity index (χ1n) is 7.71. The molecule has 3 nitrogen and oxygen atoms in total. The molecule has 1 aliphatic rings. The number of hydrogen-bond acceptors (Lipinski definition) is 3. The van der Waals surface area contributed by atoms with E-state index in [4.69, 9.17) is 4.74 Å². The van der Waals surface area contributed by atoms with Gasteiger partial charge in [0.15, 0.2) is 0 Å². The summed E-state index contributed by atoms with van der Waals surface area (Å²) in [6, 6.07) is 0.474. The van der Waals surface area contributed by atoms with Crippen molar-refractivity contribution in [3.63, 3.8) is 0 Å². The SMILES string of the molecule is COCCN(CC1CC(C(C)C)CCC1=O)C(C)C. The average Bonchev–Trinajstić information content (AvgIpc) is 2.35. The van der Waals surface area contributed by atoms with E-state index in [-0.39, 0.29) is 5.92 Å². The summed E-state index contributed by atoms with van der Waals surface area (Å²) in [5.41, 5.74) is 0. The van der Waals surface area contributed by atoms with E-state index in [1.807, 2.05) is 0 Å². The summed E-state index contributed by atoms with van der Waals surface area (Å²) >= 11 is 0. The Kier molecular flexibility index (Phi) is 7.01. The van der Waals surface area contributed by atoms with Crippen LogP contribution in [0.4, 0.5) is 0 Å². The lowest BCUT2D eigenvalue weighted by Crippen LogP contribution is -2.42. The van der Waals surface area contributed by atoms with Crippen molar-refractivity contribution >= 4 is 5.78 Å². The molecule has 0 spiro atoms. The van der Waals surface area contributed by atoms with E-state index >= 15 is 0 Å². The number of ketones is 1. The third-order valence-electron chi connectivity index (χ3n) is 4.51. The Morgan fingerprint density at radius 3 is 2.53 bits per heavy atom. The zero-order valence-corrected chi connectivity index (χ0v) is 13.3. The zero-order valence-electron chi connectivity index (χ0n) is 13.3. The fourth-order valence-corrected chi connectivity index (χ4v) is 2.98. The van der Waals surface area contributed by atoms with Gasteiger partial charge in [0.2, 0.25) is 0 Å². The van der Waals surface area contributed by atoms with E-state index in [0.29, 0.717) is 17.7 Å². The van der Waals surface area contributed by atoms with Crippen molar-refractivity contribution in [3.05, 3.63) is 0 Å². The molecular formula is C16H31NO2. The molecule has 1 rings (SSSR count). The second kappa shape index (κ2) is 8.01. The number of carbonyl (C=O) groups is 1. The van der Waals surface area contributed by atoms with Gasteiger partial charge in [0, 0.05) is 38.6 Å². The van der Waals surface area contributed by atoms with E-state index in [9.17, 15) is 4.79 Å². The first-order valence-corrected chi connectivity index (χ1v) is 7.71. The molecule has 0 aliphatic heterocycles. The van der Waals surface area contributed by atoms with Crippen molar-refractivity contribution in [1.82, 2.24) is 4.90 Å². The first-order chi connectivity index (χ1) is 8.95. The number of carbonyl (C=O) groups excluding carboxylic acids is 1. The number of ether oxygens (including phenoxy) is 1. The van der Waals surface area contributed by atoms with Gasteiger partial charge in [0.1, 0.15) is 5.78 Å². The first kappa shape index (κ1) is 16.6. The molecule has 0 radical (unpaired) electrons. The van der Waals surface area contributed by atoms with Crippen molar-refractivity contribution < 1.29 is 9.53 Å². The third kappa shape index (κ3) is 5.23. The average molecular weight is 269 g/mol. The summed E-state index contributed by atoms with van der Waals surface area (Å²) in [5.74, 6) is 2.13. The molecule has 0 aromatic heterocycles. The predicted octanol–water partition coefficient (Wildman–Crippen LogP) is 2.98. The monoisotopic (exact) mass is 269 g/mol. The van der Waals surface area contributed by atoms with Crippen LogP contribution >= 0.6 is 0 Å². The minimum absolute atomic E-state index is 0.236. The Morgan fingerprint density at radius 2 is 2.00 bits per heavy atom. The van der Waals surface area contributed by atoms with Gasteiger partial charge in [-0.1, -0.05) is 13.8 Å². The Hall–Kier alpha value is -0.410. The molecule has 0 amide bonds. The highest BCUT2D eigenvalue weighted by Gasteiger charge is 2.31. The van der Waals surface area contributed by atoms with Crippen LogP contribution in [-0.4, -0.2) is 43.5 Å². The fourth-order valence-electron chi connectivity index (χ4n) is 2.98. The third-order valence-corrected chi connectivity index (χ3v) is 4.51. The molecule has 112 valence electrons. The molecule has 0 aromatic carbocycles. The predicted molar refractivity (Wildman–Crippen MR) is 79.3 cm³/mol. The highest BCUT2D eigenvalue weighted by Crippen LogP contribution is 2.32. The molecule has 0 N–H and O–H groups in total. The quantitative estimate of drug-likeness (QED) is 0.711. The van der Waals surface area contributed by atoms with Crippen LogP contribution in [0.3, 0.4) is 0 Å². The van der Waals surface area contributed by atoms with Gasteiger partial charge in [0.25, 0.3) is 0 Å². The zero-order chi connectivity index (χ0) is 14.4. The summed E-state index contributed by atoms with van der Waals surface area (Å²) in [7, 11) is 1.74. The molecule has 1 aliphatic carbocycles. The maximum absolute atomic E-state index is 12.1. The maximum atomic E-state index is 12.1. The lowest BCUT2D eigenvalue weighted by atomic mass is 9.75. The van der Waals surface area contributed by atoms with Crippen molar-refractivity contribution in [2.45, 2.75) is 53.0 Å². The number of rotatable bonds is 7. The van der Waals surface area contributed by atoms with Crippen LogP contribution in [0.5, 0.6) is 0 Å². The Morgan fingerprint density at radius 1 is 1.32 bits per heavy atom. The molecule has 1 fully saturated rings. The highest BCUT2D eigenvalue weighted by atomic mass is 16.5. The molecule has 1 saturated carbocycles. The Bertz CT molecular complexity index is 276. The maximum Gasteiger partial charge on any atom is 0.137 e. The van der Waals surface area contributed by atoms with Gasteiger partial charge in [-0.2, -0.15) is 0 Å². The van der Waals surface area contributed by atoms with Crippen LogP contribution in [-0.2, 0) is 9.53 Å². The van der Waals surface area contributed by atoms with E-state index in [1.54, 1.807) is 7.11 Å². The van der Waals surface area contributed by atoms with Crippen molar-refractivity contribution in [2.75, 3.05) is 26.8 Å². The second-order valence-electron chi connectivity index (χ2n) is 6.52. The van der Waals surface area contributed by atoms with Gasteiger partial charge in [-0.25, -0.2) is 0 Å². The van der Waals surface area contributed by atoms with Crippen LogP contribution in [0.2, 0.25) is 0 Å². The minimum Gasteiger partial charge on any atom is -0.383 e. The molecule has 0 saturated heterocycles. The lowest BCUT2D eigenvalue weighted by Gasteiger charge is -2.35. The van der Waals surface area contributed by atoms with E-state index in [0.717, 1.165) is 44.9 Å². The van der Waals surface area contributed by atoms with Crippen molar-refractivity contribution in [3.8, 4) is 0 Å². The van der Waals surface area contributed by atoms with Crippen LogP contribution < -0.4 is 0 Å². The Balaban J connectivity index is 2.57. The van der Waals surface area contributed by atoms with Crippen LogP contribution in [0.1, 0.15) is 47.0 Å². The second-order valence-corrected chi connectivity index (χ2v) is 6.52. The fraction of sp³-hybridized carbons (Fsp3) is 0.938. The van der Waals surface area contributed by atoms with Gasteiger partial charge in [-0.15, -0.1) is 0 Å². The van der Waals surface area contributed by atoms with Gasteiger partial charge in [-0.05, 0) is 38.5 Å². The van der Waals surface area contributed by atoms with Gasteiger partial charge in [0.05, 0.1) is 6.61 Å².